The van der Waals surface area contributed by atoms with Crippen LogP contribution in [0.3, 0.4) is 0 Å². The average molecular weight is 525 g/mol. The Balaban J connectivity index is 0.00000256. The minimum atomic E-state index is -0.464. The Hall–Kier alpha value is -1.97. The number of benzene rings is 1. The zero-order valence-electron chi connectivity index (χ0n) is 18.0. The minimum Gasteiger partial charge on any atom is -0.444 e. The standard InChI is InChI=1S/C22H31N5O2.HI/c1-22(2,3)29-21(28)26-12-13-27-19(16-26)15-24-20(27)23-14-17-6-8-18(9-7-17)25-10-4-5-11-25;/h4-9,19H,10-16H2,1-3H3,(H,23,24);1H. The van der Waals surface area contributed by atoms with Crippen LogP contribution in [0.25, 0.3) is 0 Å². The predicted octanol–water partition coefficient (Wildman–Crippen LogP) is 3.06. The number of halogens is 1. The summed E-state index contributed by atoms with van der Waals surface area (Å²) in [6.07, 6.45) is 4.17. The molecule has 1 atom stereocenters. The summed E-state index contributed by atoms with van der Waals surface area (Å²) in [4.78, 5) is 23.4. The number of amides is 1. The molecule has 8 heteroatoms. The van der Waals surface area contributed by atoms with Crippen molar-refractivity contribution in [3.63, 3.8) is 0 Å². The Labute approximate surface area is 196 Å². The first-order chi connectivity index (χ1) is 13.9. The molecule has 1 N–H and O–H groups in total. The topological polar surface area (TPSA) is 60.4 Å². The van der Waals surface area contributed by atoms with Crippen LogP contribution in [-0.2, 0) is 11.3 Å². The van der Waals surface area contributed by atoms with Crippen molar-refractivity contribution in [3.8, 4) is 0 Å². The lowest BCUT2D eigenvalue weighted by Gasteiger charge is -2.39. The van der Waals surface area contributed by atoms with Crippen molar-refractivity contribution in [2.24, 2.45) is 4.99 Å². The fourth-order valence-corrected chi connectivity index (χ4v) is 3.92. The molecule has 1 amide bonds. The van der Waals surface area contributed by atoms with Gasteiger partial charge in [-0.15, -0.1) is 24.0 Å². The van der Waals surface area contributed by atoms with Gasteiger partial charge in [-0.1, -0.05) is 24.3 Å². The molecule has 0 spiro atoms. The van der Waals surface area contributed by atoms with Crippen LogP contribution in [0.1, 0.15) is 26.3 Å². The van der Waals surface area contributed by atoms with Crippen LogP contribution in [0, 0.1) is 0 Å². The first-order valence-electron chi connectivity index (χ1n) is 10.4. The molecule has 1 unspecified atom stereocenters. The number of anilines is 1. The summed E-state index contributed by atoms with van der Waals surface area (Å²) >= 11 is 0. The van der Waals surface area contributed by atoms with Gasteiger partial charge in [-0.25, -0.2) is 4.79 Å². The van der Waals surface area contributed by atoms with Crippen molar-refractivity contribution >= 4 is 41.7 Å². The number of piperazine rings is 1. The quantitative estimate of drug-likeness (QED) is 0.486. The third-order valence-electron chi connectivity index (χ3n) is 5.43. The average Bonchev–Trinajstić information content (AvgIpc) is 3.35. The molecule has 0 saturated carbocycles. The third-order valence-corrected chi connectivity index (χ3v) is 5.43. The maximum Gasteiger partial charge on any atom is 0.410 e. The molecule has 1 saturated heterocycles. The summed E-state index contributed by atoms with van der Waals surface area (Å²) in [5.74, 6) is 0.937. The lowest BCUT2D eigenvalue weighted by molar-refractivity contribution is 0.0137. The number of ether oxygens (including phenoxy) is 1. The monoisotopic (exact) mass is 525 g/mol. The molecule has 1 aromatic rings. The number of guanidine groups is 1. The van der Waals surface area contributed by atoms with Gasteiger partial charge in [0.15, 0.2) is 5.96 Å². The molecule has 3 aliphatic rings. The smallest absolute Gasteiger partial charge is 0.410 e. The molecule has 1 aromatic carbocycles. The highest BCUT2D eigenvalue weighted by molar-refractivity contribution is 14.0. The largest absolute Gasteiger partial charge is 0.444 e. The van der Waals surface area contributed by atoms with Gasteiger partial charge >= 0.3 is 6.09 Å². The van der Waals surface area contributed by atoms with E-state index in [0.29, 0.717) is 19.6 Å². The van der Waals surface area contributed by atoms with Gasteiger partial charge in [0.25, 0.3) is 0 Å². The molecule has 30 heavy (non-hydrogen) atoms. The summed E-state index contributed by atoms with van der Waals surface area (Å²) in [6, 6.07) is 8.94. The van der Waals surface area contributed by atoms with Crippen LogP contribution in [0.2, 0.25) is 0 Å². The van der Waals surface area contributed by atoms with Gasteiger partial charge in [0, 0.05) is 45.0 Å². The number of hydrogen-bond donors (Lipinski definition) is 1. The zero-order chi connectivity index (χ0) is 20.4. The van der Waals surface area contributed by atoms with Gasteiger partial charge in [-0.2, -0.15) is 0 Å². The van der Waals surface area contributed by atoms with Crippen molar-refractivity contribution in [2.75, 3.05) is 44.2 Å². The van der Waals surface area contributed by atoms with E-state index in [1.54, 1.807) is 4.90 Å². The van der Waals surface area contributed by atoms with Crippen molar-refractivity contribution in [2.45, 2.75) is 39.0 Å². The normalized spacial score (nSPS) is 20.6. The van der Waals surface area contributed by atoms with E-state index in [1.165, 1.54) is 11.3 Å². The predicted molar refractivity (Wildman–Crippen MR) is 131 cm³/mol. The summed E-state index contributed by atoms with van der Waals surface area (Å²) in [6.45, 7) is 11.2. The second kappa shape index (κ2) is 9.45. The molecule has 0 radical (unpaired) electrons. The highest BCUT2D eigenvalue weighted by atomic mass is 127. The van der Waals surface area contributed by atoms with E-state index in [-0.39, 0.29) is 36.1 Å². The Morgan fingerprint density at radius 2 is 1.87 bits per heavy atom. The number of fused-ring (bicyclic) bond motifs is 1. The van der Waals surface area contributed by atoms with Crippen LogP contribution < -0.4 is 10.2 Å². The highest BCUT2D eigenvalue weighted by Gasteiger charge is 2.36. The molecule has 4 rings (SSSR count). The van der Waals surface area contributed by atoms with E-state index in [2.05, 4.69) is 56.5 Å². The SMILES string of the molecule is CC(C)(C)OC(=O)N1CCN2C(NCc3ccc(N4CC=CC4)cc3)=NCC2C1.I. The highest BCUT2D eigenvalue weighted by Crippen LogP contribution is 2.20. The van der Waals surface area contributed by atoms with Crippen LogP contribution in [0.15, 0.2) is 41.4 Å². The minimum absolute atomic E-state index is 0. The van der Waals surface area contributed by atoms with E-state index in [1.807, 2.05) is 20.8 Å². The van der Waals surface area contributed by atoms with Crippen LogP contribution in [0.5, 0.6) is 0 Å². The number of aliphatic imine (C=N–C) groups is 1. The first-order valence-corrected chi connectivity index (χ1v) is 10.4. The number of nitrogens with one attached hydrogen (secondary N) is 1. The lowest BCUT2D eigenvalue weighted by atomic mass is 10.2. The summed E-state index contributed by atoms with van der Waals surface area (Å²) in [7, 11) is 0. The summed E-state index contributed by atoms with van der Waals surface area (Å²) in [5, 5.41) is 3.48. The zero-order valence-corrected chi connectivity index (χ0v) is 20.3. The Bertz CT molecular complexity index is 795. The van der Waals surface area contributed by atoms with Crippen LogP contribution in [0.4, 0.5) is 10.5 Å². The molecular weight excluding hydrogens is 493 g/mol. The van der Waals surface area contributed by atoms with Crippen molar-refractivity contribution < 1.29 is 9.53 Å². The number of rotatable bonds is 3. The van der Waals surface area contributed by atoms with Gasteiger partial charge in [0.05, 0.1) is 12.6 Å². The Morgan fingerprint density at radius 1 is 1.17 bits per heavy atom. The van der Waals surface area contributed by atoms with E-state index >= 15 is 0 Å². The van der Waals surface area contributed by atoms with Crippen molar-refractivity contribution in [1.29, 1.82) is 0 Å². The fraction of sp³-hybridized carbons (Fsp3) is 0.545. The van der Waals surface area contributed by atoms with Gasteiger partial charge < -0.3 is 24.8 Å². The number of carbonyl (C=O) groups is 1. The first kappa shape index (κ1) is 22.7. The lowest BCUT2D eigenvalue weighted by Crippen LogP contribution is -2.57. The number of carbonyl (C=O) groups excluding carboxylic acids is 1. The van der Waals surface area contributed by atoms with Crippen molar-refractivity contribution in [1.82, 2.24) is 15.1 Å². The van der Waals surface area contributed by atoms with Gasteiger partial charge in [-0.05, 0) is 38.5 Å². The van der Waals surface area contributed by atoms with Crippen LogP contribution in [-0.4, -0.2) is 72.8 Å². The maximum atomic E-state index is 12.3. The summed E-state index contributed by atoms with van der Waals surface area (Å²) < 4.78 is 5.51. The van der Waals surface area contributed by atoms with E-state index in [9.17, 15) is 4.79 Å². The summed E-state index contributed by atoms with van der Waals surface area (Å²) in [5.41, 5.74) is 2.03. The van der Waals surface area contributed by atoms with E-state index < -0.39 is 5.60 Å². The van der Waals surface area contributed by atoms with E-state index in [4.69, 9.17) is 4.74 Å². The number of hydrogen-bond acceptors (Lipinski definition) is 6. The molecule has 0 bridgehead atoms. The molecule has 0 aromatic heterocycles. The molecule has 1 fully saturated rings. The van der Waals surface area contributed by atoms with Crippen LogP contribution >= 0.6 is 24.0 Å². The molecule has 7 nitrogen and oxygen atoms in total. The second-order valence-electron chi connectivity index (χ2n) is 8.83. The van der Waals surface area contributed by atoms with Gasteiger partial charge in [0.1, 0.15) is 5.60 Å². The van der Waals surface area contributed by atoms with Gasteiger partial charge in [-0.3, -0.25) is 4.99 Å². The molecular formula is C22H32IN5O2. The fourth-order valence-electron chi connectivity index (χ4n) is 3.92. The number of nitrogens with zero attached hydrogens (tertiary/aromatic N) is 4. The van der Waals surface area contributed by atoms with Gasteiger partial charge in [0.2, 0.25) is 0 Å². The third kappa shape index (κ3) is 5.39. The van der Waals surface area contributed by atoms with E-state index in [0.717, 1.165) is 32.1 Å². The Kier molecular flexibility index (Phi) is 7.15. The second-order valence-corrected chi connectivity index (χ2v) is 8.83. The molecule has 0 aliphatic carbocycles. The van der Waals surface area contributed by atoms with Crippen molar-refractivity contribution in [3.05, 3.63) is 42.0 Å². The molecule has 164 valence electrons. The molecule has 3 heterocycles. The molecule has 3 aliphatic heterocycles. The maximum absolute atomic E-state index is 12.3. The Morgan fingerprint density at radius 3 is 2.53 bits per heavy atom.